The number of nitrogens with zero attached hydrogens (tertiary/aromatic N) is 2. The number of allylic oxidation sites excluding steroid dienone is 2. The van der Waals surface area contributed by atoms with Crippen LogP contribution in [0.1, 0.15) is 70.1 Å². The molecule has 0 saturated carbocycles. The minimum absolute atomic E-state index is 0.0933. The Balaban J connectivity index is 1.70. The van der Waals surface area contributed by atoms with Crippen LogP contribution in [-0.4, -0.2) is 79.8 Å². The first-order valence-electron chi connectivity index (χ1n) is 15.5. The normalized spacial score (nSPS) is 20.5. The number of likely N-dealkylation sites (tertiary alicyclic amines) is 1. The van der Waals surface area contributed by atoms with Gasteiger partial charge in [-0.15, -0.1) is 13.2 Å². The zero-order valence-corrected chi connectivity index (χ0v) is 27.3. The third-order valence-electron chi connectivity index (χ3n) is 7.55. The van der Waals surface area contributed by atoms with Crippen molar-refractivity contribution >= 4 is 23.4 Å². The molecule has 0 radical (unpaired) electrons. The van der Waals surface area contributed by atoms with Crippen LogP contribution in [0.25, 0.3) is 5.70 Å². The van der Waals surface area contributed by atoms with Crippen LogP contribution in [0.5, 0.6) is 0 Å². The van der Waals surface area contributed by atoms with E-state index in [1.54, 1.807) is 27.7 Å². The lowest BCUT2D eigenvalue weighted by Gasteiger charge is -2.39. The molecule has 262 valence electrons. The van der Waals surface area contributed by atoms with Gasteiger partial charge >= 0.3 is 18.4 Å². The number of nitrogens with two attached hydrogens (primary N) is 1. The van der Waals surface area contributed by atoms with Crippen LogP contribution >= 0.6 is 0 Å². The third-order valence-corrected chi connectivity index (χ3v) is 7.55. The highest BCUT2D eigenvalue weighted by Crippen LogP contribution is 2.38. The number of rotatable bonds is 9. The molecule has 0 aliphatic carbocycles. The Bertz CT molecular complexity index is 1350. The number of ether oxygens (including phenoxy) is 5. The number of esters is 1. The number of anilines is 1. The third kappa shape index (κ3) is 9.43. The summed E-state index contributed by atoms with van der Waals surface area (Å²) in [7, 11) is 1.39. The summed E-state index contributed by atoms with van der Waals surface area (Å²) in [5.41, 5.74) is 11.8. The van der Waals surface area contributed by atoms with Gasteiger partial charge in [0.1, 0.15) is 11.6 Å². The Morgan fingerprint density at radius 1 is 1.19 bits per heavy atom. The van der Waals surface area contributed by atoms with E-state index in [-0.39, 0.29) is 39.1 Å². The molecule has 0 aromatic heterocycles. The average Bonchev–Trinajstić information content (AvgIpc) is 3.07. The summed E-state index contributed by atoms with van der Waals surface area (Å²) in [6.07, 6.45) is -2.46. The van der Waals surface area contributed by atoms with Crippen LogP contribution in [0.3, 0.4) is 0 Å². The molecule has 13 nitrogen and oxygen atoms in total. The predicted molar refractivity (Wildman–Crippen MR) is 163 cm³/mol. The highest BCUT2D eigenvalue weighted by atomic mass is 19.4. The number of piperidine rings is 1. The standard InChI is InChI=1S/C31H44F3N5O8/c1-6-44-28(40)25-12-9-20(16-38(25)29(41)47-30(2,3)4)36-24-11-10-21-23(22(24)15-35)17-43-13-7-8-19-14-26(46-31(32,33)34)37-39(27(19)21)45-18-42-5/h10-11,14,20,25,36-37H,6-9,12-13,15-18,35H2,1-5H3/t20-,25+/m1/s1. The highest BCUT2D eigenvalue weighted by molar-refractivity contribution is 5.82. The van der Waals surface area contributed by atoms with E-state index in [9.17, 15) is 22.8 Å². The van der Waals surface area contributed by atoms with E-state index in [0.29, 0.717) is 65.9 Å². The first kappa shape index (κ1) is 36.1. The molecule has 3 heterocycles. The largest absolute Gasteiger partial charge is 0.574 e. The molecular formula is C31H44F3N5O8. The number of carbonyl (C=O) groups excluding carboxylic acids is 2. The van der Waals surface area contributed by atoms with E-state index < -0.39 is 36.0 Å². The second kappa shape index (κ2) is 15.4. The Hall–Kier alpha value is -3.73. The molecule has 0 bridgehead atoms. The van der Waals surface area contributed by atoms with Gasteiger partial charge in [0.2, 0.25) is 5.88 Å². The number of hydrazine groups is 1. The van der Waals surface area contributed by atoms with E-state index in [1.807, 2.05) is 12.1 Å². The number of amides is 1. The van der Waals surface area contributed by atoms with Crippen molar-refractivity contribution in [3.8, 4) is 0 Å². The lowest BCUT2D eigenvalue weighted by atomic mass is 9.92. The van der Waals surface area contributed by atoms with Gasteiger partial charge in [0, 0.05) is 50.2 Å². The summed E-state index contributed by atoms with van der Waals surface area (Å²) in [4.78, 5) is 33.0. The maximum Gasteiger partial charge on any atom is 0.574 e. The number of hydrogen-bond donors (Lipinski definition) is 3. The van der Waals surface area contributed by atoms with Gasteiger partial charge in [0.15, 0.2) is 6.79 Å². The van der Waals surface area contributed by atoms with Crippen LogP contribution in [-0.2, 0) is 46.5 Å². The van der Waals surface area contributed by atoms with Gasteiger partial charge in [0.05, 0.1) is 18.9 Å². The fourth-order valence-corrected chi connectivity index (χ4v) is 5.70. The van der Waals surface area contributed by atoms with E-state index in [0.717, 1.165) is 5.17 Å². The molecule has 3 aliphatic rings. The summed E-state index contributed by atoms with van der Waals surface area (Å²) < 4.78 is 65.6. The number of methoxy groups -OCH3 is 1. The maximum absolute atomic E-state index is 13.2. The number of fused-ring (bicyclic) bond motifs is 2. The number of hydrogen-bond acceptors (Lipinski definition) is 12. The summed E-state index contributed by atoms with van der Waals surface area (Å²) in [6, 6.07) is 2.57. The van der Waals surface area contributed by atoms with Crippen molar-refractivity contribution in [3.63, 3.8) is 0 Å². The molecule has 4 N–H and O–H groups in total. The minimum Gasteiger partial charge on any atom is -0.464 e. The molecule has 1 aromatic carbocycles. The monoisotopic (exact) mass is 671 g/mol. The number of halogens is 3. The first-order valence-corrected chi connectivity index (χ1v) is 15.5. The van der Waals surface area contributed by atoms with E-state index in [2.05, 4.69) is 15.5 Å². The summed E-state index contributed by atoms with van der Waals surface area (Å²) >= 11 is 0. The molecule has 3 aliphatic heterocycles. The molecular weight excluding hydrogens is 627 g/mol. The molecule has 0 spiro atoms. The Labute approximate surface area is 272 Å². The number of alkyl halides is 3. The lowest BCUT2D eigenvalue weighted by molar-refractivity contribution is -0.316. The number of hydroxylamine groups is 1. The molecule has 16 heteroatoms. The van der Waals surface area contributed by atoms with Crippen LogP contribution in [0.2, 0.25) is 0 Å². The zero-order valence-electron chi connectivity index (χ0n) is 27.3. The van der Waals surface area contributed by atoms with E-state index >= 15 is 0 Å². The molecule has 1 fully saturated rings. The van der Waals surface area contributed by atoms with Crippen molar-refractivity contribution in [3.05, 3.63) is 46.4 Å². The molecule has 4 rings (SSSR count). The lowest BCUT2D eigenvalue weighted by Crippen LogP contribution is -2.55. The van der Waals surface area contributed by atoms with Gasteiger partial charge in [-0.05, 0) is 76.1 Å². The van der Waals surface area contributed by atoms with E-state index in [1.165, 1.54) is 18.1 Å². The van der Waals surface area contributed by atoms with Crippen molar-refractivity contribution < 1.29 is 51.3 Å². The van der Waals surface area contributed by atoms with Crippen molar-refractivity contribution in [1.82, 2.24) is 15.5 Å². The molecule has 1 aromatic rings. The predicted octanol–water partition coefficient (Wildman–Crippen LogP) is 4.64. The van der Waals surface area contributed by atoms with Crippen molar-refractivity contribution in [1.29, 1.82) is 0 Å². The van der Waals surface area contributed by atoms with Gasteiger partial charge in [-0.2, -0.15) is 5.17 Å². The molecule has 1 amide bonds. The summed E-state index contributed by atoms with van der Waals surface area (Å²) in [5.74, 6) is -1.05. The number of nitrogens with one attached hydrogen (secondary N) is 2. The fraction of sp³-hybridized carbons (Fsp3) is 0.613. The minimum atomic E-state index is -4.93. The molecule has 2 atom stereocenters. The van der Waals surface area contributed by atoms with Gasteiger partial charge in [-0.25, -0.2) is 19.9 Å². The quantitative estimate of drug-likeness (QED) is 0.248. The number of carbonyl (C=O) groups is 2. The Morgan fingerprint density at radius 3 is 2.62 bits per heavy atom. The molecule has 0 unspecified atom stereocenters. The second-order valence-electron chi connectivity index (χ2n) is 12.2. The second-order valence-corrected chi connectivity index (χ2v) is 12.2. The van der Waals surface area contributed by atoms with Crippen molar-refractivity contribution in [2.75, 3.05) is 39.0 Å². The first-order chi connectivity index (χ1) is 22.2. The van der Waals surface area contributed by atoms with Gasteiger partial charge in [-0.3, -0.25) is 4.90 Å². The summed E-state index contributed by atoms with van der Waals surface area (Å²) in [5, 5.41) is 4.61. The average molecular weight is 672 g/mol. The van der Waals surface area contributed by atoms with Crippen LogP contribution in [0.4, 0.5) is 23.7 Å². The topological polar surface area (TPSA) is 146 Å². The Morgan fingerprint density at radius 2 is 1.96 bits per heavy atom. The van der Waals surface area contributed by atoms with Crippen LogP contribution in [0, 0.1) is 0 Å². The maximum atomic E-state index is 13.2. The van der Waals surface area contributed by atoms with Gasteiger partial charge in [-0.1, -0.05) is 6.07 Å². The number of benzene rings is 1. The SMILES string of the molecule is CCOC(=O)[C@@H]1CC[C@@H](Nc2ccc3c(c2CN)COCCCC2=C3N(OCOC)NC(OC(F)(F)F)=C2)CN1C(=O)OC(C)(C)C. The zero-order chi connectivity index (χ0) is 34.4. The van der Waals surface area contributed by atoms with Gasteiger partial charge < -0.3 is 34.7 Å². The Kier molecular flexibility index (Phi) is 11.9. The van der Waals surface area contributed by atoms with Crippen LogP contribution in [0.15, 0.2) is 29.7 Å². The molecule has 1 saturated heterocycles. The highest BCUT2D eigenvalue weighted by Gasteiger charge is 2.40. The smallest absolute Gasteiger partial charge is 0.464 e. The van der Waals surface area contributed by atoms with Gasteiger partial charge in [0.25, 0.3) is 0 Å². The van der Waals surface area contributed by atoms with Crippen LogP contribution < -0.4 is 16.5 Å². The molecule has 47 heavy (non-hydrogen) atoms. The summed E-state index contributed by atoms with van der Waals surface area (Å²) in [6.45, 7) is 7.66. The fourth-order valence-electron chi connectivity index (χ4n) is 5.70. The van der Waals surface area contributed by atoms with Crippen molar-refractivity contribution in [2.45, 2.75) is 90.6 Å². The van der Waals surface area contributed by atoms with E-state index in [4.69, 9.17) is 29.5 Å². The van der Waals surface area contributed by atoms with Crippen molar-refractivity contribution in [2.24, 2.45) is 5.73 Å².